The molecule has 11 nitrogen and oxygen atoms in total. The predicted molar refractivity (Wildman–Crippen MR) is 154 cm³/mol. The number of ether oxygens (including phenoxy) is 2. The minimum Gasteiger partial charge on any atom is -0.490 e. The Balaban J connectivity index is 1.27. The van der Waals surface area contributed by atoms with Crippen molar-refractivity contribution in [3.8, 4) is 5.75 Å². The zero-order valence-electron chi connectivity index (χ0n) is 23.0. The fourth-order valence-corrected chi connectivity index (χ4v) is 6.30. The summed E-state index contributed by atoms with van der Waals surface area (Å²) in [5.74, 6) is -0.350. The van der Waals surface area contributed by atoms with Gasteiger partial charge in [0.05, 0.1) is 31.1 Å². The molecule has 2 fully saturated rings. The maximum absolute atomic E-state index is 14.5. The molecule has 1 amide bonds. The van der Waals surface area contributed by atoms with Crippen LogP contribution in [0.2, 0.25) is 0 Å². The van der Waals surface area contributed by atoms with Gasteiger partial charge in [-0.15, -0.1) is 0 Å². The number of carbonyl (C=O) groups is 1. The van der Waals surface area contributed by atoms with Gasteiger partial charge in [0.1, 0.15) is 34.8 Å². The van der Waals surface area contributed by atoms with Gasteiger partial charge in [-0.1, -0.05) is 6.07 Å². The number of halogens is 1. The number of fused-ring (bicyclic) bond motifs is 1. The van der Waals surface area contributed by atoms with Crippen LogP contribution >= 0.6 is 0 Å². The summed E-state index contributed by atoms with van der Waals surface area (Å²) in [4.78, 5) is 23.7. The Morgan fingerprint density at radius 3 is 2.74 bits per heavy atom. The molecule has 1 N–H and O–H groups in total. The van der Waals surface area contributed by atoms with E-state index in [4.69, 9.17) is 9.47 Å². The van der Waals surface area contributed by atoms with Crippen LogP contribution < -0.4 is 18.7 Å². The average molecular weight is 595 g/mol. The van der Waals surface area contributed by atoms with Gasteiger partial charge in [-0.05, 0) is 55.3 Å². The smallest absolute Gasteiger partial charge is 0.327 e. The summed E-state index contributed by atoms with van der Waals surface area (Å²) in [6.07, 6.45) is 7.79. The Labute approximate surface area is 243 Å². The number of carbonyl (C=O) groups excluding carboxylic acids is 1. The van der Waals surface area contributed by atoms with Crippen LogP contribution in [-0.2, 0) is 14.9 Å². The largest absolute Gasteiger partial charge is 0.490 e. The van der Waals surface area contributed by atoms with E-state index in [2.05, 4.69) is 19.6 Å². The quantitative estimate of drug-likeness (QED) is 0.327. The molecule has 5 heterocycles. The minimum absolute atomic E-state index is 0.00850. The highest BCUT2D eigenvalue weighted by atomic mass is 32.2. The van der Waals surface area contributed by atoms with Gasteiger partial charge in [0.2, 0.25) is 0 Å². The summed E-state index contributed by atoms with van der Waals surface area (Å²) in [5.41, 5.74) is 2.08. The van der Waals surface area contributed by atoms with Gasteiger partial charge in [-0.2, -0.15) is 8.42 Å². The predicted octanol–water partition coefficient (Wildman–Crippen LogP) is 3.88. The Kier molecular flexibility index (Phi) is 7.69. The molecular weight excluding hydrogens is 563 g/mol. The molecule has 0 bridgehead atoms. The number of hydrogen-bond donors (Lipinski definition) is 1. The second kappa shape index (κ2) is 11.6. The molecule has 2 aliphatic heterocycles. The Morgan fingerprint density at radius 2 is 1.95 bits per heavy atom. The summed E-state index contributed by atoms with van der Waals surface area (Å²) in [7, 11) is -2.93. The van der Waals surface area contributed by atoms with Crippen molar-refractivity contribution in [3.63, 3.8) is 0 Å². The van der Waals surface area contributed by atoms with Crippen LogP contribution in [0.25, 0.3) is 5.65 Å². The third-order valence-corrected chi connectivity index (χ3v) is 9.01. The van der Waals surface area contributed by atoms with Crippen LogP contribution in [0.4, 0.5) is 15.9 Å². The van der Waals surface area contributed by atoms with Crippen molar-refractivity contribution < 1.29 is 27.1 Å². The lowest BCUT2D eigenvalue weighted by Crippen LogP contribution is -2.42. The molecule has 6 rings (SSSR count). The van der Waals surface area contributed by atoms with Crippen molar-refractivity contribution in [3.05, 3.63) is 84.2 Å². The molecule has 42 heavy (non-hydrogen) atoms. The number of nitrogens with one attached hydrogen (secondary N) is 1. The molecule has 13 heteroatoms. The second-order valence-electron chi connectivity index (χ2n) is 10.3. The number of nitrogens with zero attached hydrogens (tertiary/aromatic N) is 5. The van der Waals surface area contributed by atoms with Gasteiger partial charge in [0, 0.05) is 44.4 Å². The van der Waals surface area contributed by atoms with Crippen molar-refractivity contribution >= 4 is 33.3 Å². The third-order valence-electron chi connectivity index (χ3n) is 7.65. The van der Waals surface area contributed by atoms with E-state index in [1.165, 1.54) is 37.6 Å². The summed E-state index contributed by atoms with van der Waals surface area (Å²) < 4.78 is 56.7. The standard InChI is InChI=1S/C29H31FN6O5S/c1-34(27-6-2-3-13-31-27)42(38,39)33-29(37)25-18-32-28-10-8-21(19-36(25)28)35-14-4-5-24(35)23-17-20(30)7-9-26(23)41-22-11-15-40-16-12-22/h2-3,6-10,13,17-19,22,24H,4-5,11-12,14-16H2,1H3,(H,33,37). The van der Waals surface area contributed by atoms with E-state index in [1.54, 1.807) is 34.9 Å². The first-order valence-electron chi connectivity index (χ1n) is 13.8. The highest BCUT2D eigenvalue weighted by Crippen LogP contribution is 2.41. The number of amides is 1. The van der Waals surface area contributed by atoms with Crippen molar-refractivity contribution in [2.45, 2.75) is 37.8 Å². The molecule has 1 aromatic carbocycles. The lowest BCUT2D eigenvalue weighted by atomic mass is 10.0. The first kappa shape index (κ1) is 27.9. The molecule has 0 spiro atoms. The van der Waals surface area contributed by atoms with Crippen LogP contribution in [0.5, 0.6) is 5.75 Å². The highest BCUT2D eigenvalue weighted by molar-refractivity contribution is 7.91. The molecule has 0 radical (unpaired) electrons. The third kappa shape index (κ3) is 5.61. The topological polar surface area (TPSA) is 118 Å². The highest BCUT2D eigenvalue weighted by Gasteiger charge is 2.31. The molecule has 0 saturated carbocycles. The molecule has 2 saturated heterocycles. The SMILES string of the molecule is CN(c1ccccn1)S(=O)(=O)NC(=O)c1cnc2ccc(N3CCCC3c3cc(F)ccc3OC3CCOCC3)cn12. The molecule has 4 aromatic rings. The van der Waals surface area contributed by atoms with Gasteiger partial charge < -0.3 is 14.4 Å². The summed E-state index contributed by atoms with van der Waals surface area (Å²) >= 11 is 0. The lowest BCUT2D eigenvalue weighted by molar-refractivity contribution is 0.0250. The first-order valence-corrected chi connectivity index (χ1v) is 15.2. The van der Waals surface area contributed by atoms with Crippen LogP contribution in [0, 0.1) is 5.82 Å². The Hall–Kier alpha value is -4.23. The Bertz CT molecular complexity index is 1690. The zero-order chi connectivity index (χ0) is 29.3. The lowest BCUT2D eigenvalue weighted by Gasteiger charge is -2.30. The molecule has 2 aliphatic rings. The normalized spacial score (nSPS) is 17.9. The summed E-state index contributed by atoms with van der Waals surface area (Å²) in [5, 5.41) is 0. The fraction of sp³-hybridized carbons (Fsp3) is 0.345. The van der Waals surface area contributed by atoms with Gasteiger partial charge in [-0.25, -0.2) is 23.4 Å². The van der Waals surface area contributed by atoms with E-state index in [-0.39, 0.29) is 29.5 Å². The average Bonchev–Trinajstić information content (AvgIpc) is 3.66. The van der Waals surface area contributed by atoms with E-state index in [0.717, 1.165) is 41.2 Å². The number of imidazole rings is 1. The van der Waals surface area contributed by atoms with Crippen LogP contribution in [0.3, 0.4) is 0 Å². The molecular formula is C29H31FN6O5S. The molecule has 1 atom stereocenters. The maximum atomic E-state index is 14.5. The Morgan fingerprint density at radius 1 is 1.12 bits per heavy atom. The molecule has 3 aromatic heterocycles. The number of rotatable bonds is 8. The van der Waals surface area contributed by atoms with Crippen molar-refractivity contribution in [2.75, 3.05) is 36.0 Å². The fourth-order valence-electron chi connectivity index (χ4n) is 5.47. The number of aromatic nitrogens is 3. The van der Waals surface area contributed by atoms with Gasteiger partial charge in [0.25, 0.3) is 5.91 Å². The van der Waals surface area contributed by atoms with Crippen molar-refractivity contribution in [1.82, 2.24) is 19.1 Å². The molecule has 0 aliphatic carbocycles. The second-order valence-corrected chi connectivity index (χ2v) is 12.0. The van der Waals surface area contributed by atoms with Gasteiger partial charge in [0.15, 0.2) is 0 Å². The summed E-state index contributed by atoms with van der Waals surface area (Å²) in [6.45, 7) is 1.99. The van der Waals surface area contributed by atoms with Crippen LogP contribution in [-0.4, -0.2) is 61.6 Å². The van der Waals surface area contributed by atoms with Gasteiger partial charge in [-0.3, -0.25) is 9.20 Å². The van der Waals surface area contributed by atoms with Crippen LogP contribution in [0.1, 0.15) is 47.8 Å². The van der Waals surface area contributed by atoms with Crippen molar-refractivity contribution in [1.29, 1.82) is 0 Å². The zero-order valence-corrected chi connectivity index (χ0v) is 23.8. The summed E-state index contributed by atoms with van der Waals surface area (Å²) in [6, 6.07) is 13.0. The van der Waals surface area contributed by atoms with E-state index in [9.17, 15) is 17.6 Å². The number of anilines is 2. The minimum atomic E-state index is -4.24. The molecule has 1 unspecified atom stereocenters. The number of benzene rings is 1. The van der Waals surface area contributed by atoms with E-state index in [0.29, 0.717) is 31.2 Å². The number of hydrogen-bond acceptors (Lipinski definition) is 8. The van der Waals surface area contributed by atoms with E-state index >= 15 is 0 Å². The molecule has 220 valence electrons. The maximum Gasteiger partial charge on any atom is 0.327 e. The number of pyridine rings is 2. The van der Waals surface area contributed by atoms with Crippen LogP contribution in [0.15, 0.2) is 67.1 Å². The first-order chi connectivity index (χ1) is 20.3. The van der Waals surface area contributed by atoms with Gasteiger partial charge >= 0.3 is 10.2 Å². The van der Waals surface area contributed by atoms with E-state index < -0.39 is 16.1 Å². The van der Waals surface area contributed by atoms with Crippen molar-refractivity contribution in [2.24, 2.45) is 0 Å². The monoisotopic (exact) mass is 594 g/mol. The van der Waals surface area contributed by atoms with E-state index in [1.807, 2.05) is 6.07 Å².